The Bertz CT molecular complexity index is 1150. The first-order valence-electron chi connectivity index (χ1n) is 14.0. The number of benzene rings is 3. The van der Waals surface area contributed by atoms with E-state index >= 15 is 4.39 Å². The van der Waals surface area contributed by atoms with Crippen molar-refractivity contribution in [3.05, 3.63) is 83.2 Å². The summed E-state index contributed by atoms with van der Waals surface area (Å²) in [4.78, 5) is 0. The third-order valence-electron chi connectivity index (χ3n) is 7.68. The molecule has 0 aromatic heterocycles. The summed E-state index contributed by atoms with van der Waals surface area (Å²) in [6.07, 6.45) is 10.4. The van der Waals surface area contributed by atoms with E-state index in [0.717, 1.165) is 49.7 Å². The minimum absolute atomic E-state index is 0.0849. The zero-order valence-corrected chi connectivity index (χ0v) is 22.2. The second-order valence-electron chi connectivity index (χ2n) is 10.4. The predicted octanol–water partition coefficient (Wildman–Crippen LogP) is 10.0. The Morgan fingerprint density at radius 1 is 0.730 bits per heavy atom. The van der Waals surface area contributed by atoms with Crippen molar-refractivity contribution in [2.45, 2.75) is 90.1 Å². The van der Waals surface area contributed by atoms with Crippen molar-refractivity contribution in [2.24, 2.45) is 0 Å². The Balaban J connectivity index is 1.42. The third kappa shape index (κ3) is 6.84. The smallest absolute Gasteiger partial charge is 0.166 e. The highest BCUT2D eigenvalue weighted by molar-refractivity contribution is 5.71. The monoisotopic (exact) mass is 508 g/mol. The van der Waals surface area contributed by atoms with Crippen LogP contribution < -0.4 is 0 Å². The molecule has 1 aliphatic rings. The molecule has 198 valence electrons. The van der Waals surface area contributed by atoms with Gasteiger partial charge < -0.3 is 4.74 Å². The lowest BCUT2D eigenvalue weighted by Gasteiger charge is -2.29. The topological polar surface area (TPSA) is 9.23 Å². The van der Waals surface area contributed by atoms with Gasteiger partial charge in [0, 0.05) is 11.5 Å². The lowest BCUT2D eigenvalue weighted by molar-refractivity contribution is -0.00267. The Kier molecular flexibility index (Phi) is 9.85. The first-order chi connectivity index (χ1) is 18.0. The molecule has 37 heavy (non-hydrogen) atoms. The van der Waals surface area contributed by atoms with Gasteiger partial charge in [0.2, 0.25) is 0 Å². The Hall–Kier alpha value is -2.59. The van der Waals surface area contributed by atoms with Gasteiger partial charge in [-0.3, -0.25) is 0 Å². The number of unbranched alkanes of at least 4 members (excludes halogenated alkanes) is 4. The van der Waals surface area contributed by atoms with E-state index in [2.05, 4.69) is 13.8 Å². The first kappa shape index (κ1) is 27.4. The maximum atomic E-state index is 15.1. The largest absolute Gasteiger partial charge is 0.378 e. The summed E-state index contributed by atoms with van der Waals surface area (Å²) in [5, 5.41) is 0. The quantitative estimate of drug-likeness (QED) is 0.234. The van der Waals surface area contributed by atoms with E-state index < -0.39 is 11.6 Å². The van der Waals surface area contributed by atoms with E-state index in [1.807, 2.05) is 24.3 Å². The zero-order chi connectivity index (χ0) is 26.2. The van der Waals surface area contributed by atoms with Crippen LogP contribution in [0.15, 0.2) is 54.6 Å². The molecule has 0 radical (unpaired) electrons. The molecule has 0 bridgehead atoms. The zero-order valence-electron chi connectivity index (χ0n) is 22.2. The Morgan fingerprint density at radius 3 is 2.11 bits per heavy atom. The molecule has 0 N–H and O–H groups in total. The number of aryl methyl sites for hydroxylation is 1. The summed E-state index contributed by atoms with van der Waals surface area (Å²) in [5.74, 6) is -1.69. The average Bonchev–Trinajstić information content (AvgIpc) is 2.92. The highest BCUT2D eigenvalue weighted by Crippen LogP contribution is 2.34. The van der Waals surface area contributed by atoms with Crippen LogP contribution in [0, 0.1) is 17.5 Å². The van der Waals surface area contributed by atoms with Gasteiger partial charge in [-0.25, -0.2) is 13.2 Å². The van der Waals surface area contributed by atoms with Crippen LogP contribution in [-0.2, 0) is 11.2 Å². The van der Waals surface area contributed by atoms with Crippen LogP contribution in [0.25, 0.3) is 22.3 Å². The predicted molar refractivity (Wildman–Crippen MR) is 146 cm³/mol. The maximum absolute atomic E-state index is 15.1. The fraction of sp³-hybridized carbons (Fsp3) is 0.455. The first-order valence-corrected chi connectivity index (χ1v) is 14.0. The van der Waals surface area contributed by atoms with Crippen LogP contribution in [0.1, 0.15) is 88.7 Å². The highest BCUT2D eigenvalue weighted by Gasteiger charge is 2.25. The summed E-state index contributed by atoms with van der Waals surface area (Å²) in [5.41, 5.74) is 3.59. The average molecular weight is 509 g/mol. The standard InChI is InChI=1S/C33H39F3O/c1-3-5-7-9-25-16-20-30(33(36)32(25)35)24-13-11-23(12-14-24)26-17-19-29(31(34)21-26)27-15-18-28(37-22-27)10-8-6-4-2/h11-14,16-17,19-21,27-28H,3-10,15,18,22H2,1-2H3. The van der Waals surface area contributed by atoms with Crippen LogP contribution in [-0.4, -0.2) is 12.7 Å². The molecule has 1 fully saturated rings. The molecule has 1 nitrogen and oxygen atoms in total. The van der Waals surface area contributed by atoms with Crippen molar-refractivity contribution >= 4 is 0 Å². The molecule has 0 aliphatic carbocycles. The van der Waals surface area contributed by atoms with Crippen molar-refractivity contribution in [1.82, 2.24) is 0 Å². The fourth-order valence-electron chi connectivity index (χ4n) is 5.35. The number of hydrogen-bond acceptors (Lipinski definition) is 1. The second kappa shape index (κ2) is 13.3. The molecule has 0 saturated carbocycles. The molecule has 3 aromatic carbocycles. The van der Waals surface area contributed by atoms with Gasteiger partial charge in [-0.1, -0.05) is 94.5 Å². The van der Waals surface area contributed by atoms with Crippen molar-refractivity contribution in [1.29, 1.82) is 0 Å². The summed E-state index contributed by atoms with van der Waals surface area (Å²) in [6, 6.07) is 15.9. The second-order valence-corrected chi connectivity index (χ2v) is 10.4. The van der Waals surface area contributed by atoms with Crippen LogP contribution in [0.5, 0.6) is 0 Å². The highest BCUT2D eigenvalue weighted by atomic mass is 19.2. The minimum atomic E-state index is -0.806. The number of hydrogen-bond donors (Lipinski definition) is 0. The lowest BCUT2D eigenvalue weighted by atomic mass is 9.88. The number of ether oxygens (including phenoxy) is 1. The maximum Gasteiger partial charge on any atom is 0.166 e. The van der Waals surface area contributed by atoms with Crippen molar-refractivity contribution in [3.8, 4) is 22.3 Å². The molecule has 0 amide bonds. The molecular formula is C33H39F3O. The number of rotatable bonds is 11. The lowest BCUT2D eigenvalue weighted by Crippen LogP contribution is -2.25. The van der Waals surface area contributed by atoms with E-state index in [1.165, 1.54) is 19.3 Å². The Morgan fingerprint density at radius 2 is 1.43 bits per heavy atom. The van der Waals surface area contributed by atoms with Crippen LogP contribution in [0.2, 0.25) is 0 Å². The summed E-state index contributed by atoms with van der Waals surface area (Å²) in [7, 11) is 0. The van der Waals surface area contributed by atoms with Gasteiger partial charge in [0.15, 0.2) is 11.6 Å². The van der Waals surface area contributed by atoms with Crippen LogP contribution >= 0.6 is 0 Å². The molecule has 1 saturated heterocycles. The number of halogens is 3. The molecular weight excluding hydrogens is 469 g/mol. The Labute approximate surface area is 220 Å². The molecule has 0 spiro atoms. The van der Waals surface area contributed by atoms with Gasteiger partial charge in [0.25, 0.3) is 0 Å². The summed E-state index contributed by atoms with van der Waals surface area (Å²) in [6.45, 7) is 4.86. The fourth-order valence-corrected chi connectivity index (χ4v) is 5.35. The molecule has 3 aromatic rings. The van der Waals surface area contributed by atoms with Gasteiger partial charge >= 0.3 is 0 Å². The molecule has 1 heterocycles. The van der Waals surface area contributed by atoms with E-state index in [9.17, 15) is 8.78 Å². The molecule has 2 unspecified atom stereocenters. The van der Waals surface area contributed by atoms with Crippen molar-refractivity contribution in [2.75, 3.05) is 6.61 Å². The van der Waals surface area contributed by atoms with Gasteiger partial charge in [-0.15, -0.1) is 0 Å². The van der Waals surface area contributed by atoms with Crippen LogP contribution in [0.3, 0.4) is 0 Å². The van der Waals surface area contributed by atoms with Gasteiger partial charge in [0.1, 0.15) is 5.82 Å². The molecule has 4 rings (SSSR count). The van der Waals surface area contributed by atoms with E-state index in [1.54, 1.807) is 30.3 Å². The summed E-state index contributed by atoms with van der Waals surface area (Å²) >= 11 is 0. The van der Waals surface area contributed by atoms with Crippen molar-refractivity contribution in [3.63, 3.8) is 0 Å². The SMILES string of the molecule is CCCCCc1ccc(-c2ccc(-c3ccc(C4CCC(CCCCC)OC4)c(F)c3)cc2)c(F)c1F. The van der Waals surface area contributed by atoms with Crippen LogP contribution in [0.4, 0.5) is 13.2 Å². The molecule has 2 atom stereocenters. The minimum Gasteiger partial charge on any atom is -0.378 e. The molecule has 4 heteroatoms. The third-order valence-corrected chi connectivity index (χ3v) is 7.68. The van der Waals surface area contributed by atoms with E-state index in [0.29, 0.717) is 35.8 Å². The molecule has 1 aliphatic heterocycles. The van der Waals surface area contributed by atoms with Gasteiger partial charge in [0.05, 0.1) is 12.7 Å². The normalized spacial score (nSPS) is 17.8. The van der Waals surface area contributed by atoms with Crippen molar-refractivity contribution < 1.29 is 17.9 Å². The van der Waals surface area contributed by atoms with E-state index in [4.69, 9.17) is 4.74 Å². The van der Waals surface area contributed by atoms with Gasteiger partial charge in [-0.2, -0.15) is 0 Å². The van der Waals surface area contributed by atoms with Gasteiger partial charge in [-0.05, 0) is 66.0 Å². The summed E-state index contributed by atoms with van der Waals surface area (Å²) < 4.78 is 50.6. The van der Waals surface area contributed by atoms with E-state index in [-0.39, 0.29) is 17.3 Å².